The summed E-state index contributed by atoms with van der Waals surface area (Å²) in [6.07, 6.45) is 4.99. The number of imidazole rings is 1. The molecule has 2 aromatic heterocycles. The highest BCUT2D eigenvalue weighted by atomic mass is 16.1. The van der Waals surface area contributed by atoms with Crippen LogP contribution in [0.4, 0.5) is 0 Å². The molecule has 2 aromatic rings. The molecule has 0 saturated carbocycles. The highest BCUT2D eigenvalue weighted by molar-refractivity contribution is 5.78. The van der Waals surface area contributed by atoms with Crippen LogP contribution in [-0.2, 0) is 11.2 Å². The summed E-state index contributed by atoms with van der Waals surface area (Å²) in [5.41, 5.74) is 7.32. The molecule has 2 heterocycles. The third kappa shape index (κ3) is 3.81. The summed E-state index contributed by atoms with van der Waals surface area (Å²) in [5.74, 6) is 0.489. The number of rotatable bonds is 6. The second kappa shape index (κ2) is 6.52. The molecule has 2 rings (SSSR count). The number of nitrogens with one attached hydrogen (secondary N) is 1. The van der Waals surface area contributed by atoms with Gasteiger partial charge in [0, 0.05) is 25.0 Å². The van der Waals surface area contributed by atoms with Gasteiger partial charge in [0.2, 0.25) is 5.91 Å². The number of carbonyl (C=O) groups excluding carboxylic acids is 1. The SMILES string of the molecule is CC(C)CC(CN)NC(=O)Cc1cn2ccccc2n1. The van der Waals surface area contributed by atoms with Crippen molar-refractivity contribution < 1.29 is 4.79 Å². The van der Waals surface area contributed by atoms with E-state index in [0.717, 1.165) is 17.8 Å². The van der Waals surface area contributed by atoms with Gasteiger partial charge < -0.3 is 15.5 Å². The molecular weight excluding hydrogens is 252 g/mol. The van der Waals surface area contributed by atoms with Crippen molar-refractivity contribution in [2.24, 2.45) is 11.7 Å². The molecule has 20 heavy (non-hydrogen) atoms. The molecule has 1 amide bonds. The zero-order valence-electron chi connectivity index (χ0n) is 12.0. The third-order valence-electron chi connectivity index (χ3n) is 3.16. The second-order valence-electron chi connectivity index (χ2n) is 5.50. The lowest BCUT2D eigenvalue weighted by atomic mass is 10.0. The molecule has 0 aliphatic heterocycles. The van der Waals surface area contributed by atoms with E-state index in [-0.39, 0.29) is 18.4 Å². The van der Waals surface area contributed by atoms with Crippen LogP contribution in [0.15, 0.2) is 30.6 Å². The fourth-order valence-electron chi connectivity index (χ4n) is 2.30. The smallest absolute Gasteiger partial charge is 0.226 e. The highest BCUT2D eigenvalue weighted by Gasteiger charge is 2.14. The maximum atomic E-state index is 12.0. The predicted molar refractivity (Wildman–Crippen MR) is 79.3 cm³/mol. The molecule has 0 aliphatic carbocycles. The van der Waals surface area contributed by atoms with E-state index in [1.807, 2.05) is 35.0 Å². The number of amides is 1. The first-order valence-corrected chi connectivity index (χ1v) is 7.00. The Morgan fingerprint density at radius 3 is 2.90 bits per heavy atom. The average Bonchev–Trinajstić information content (AvgIpc) is 2.79. The molecule has 0 aromatic carbocycles. The number of hydrogen-bond donors (Lipinski definition) is 2. The number of pyridine rings is 1. The summed E-state index contributed by atoms with van der Waals surface area (Å²) >= 11 is 0. The van der Waals surface area contributed by atoms with Gasteiger partial charge in [0.05, 0.1) is 12.1 Å². The Labute approximate surface area is 119 Å². The van der Waals surface area contributed by atoms with E-state index in [4.69, 9.17) is 5.73 Å². The van der Waals surface area contributed by atoms with Crippen LogP contribution < -0.4 is 11.1 Å². The topological polar surface area (TPSA) is 72.4 Å². The standard InChI is InChI=1S/C15H22N4O/c1-11(2)7-12(9-16)18-15(20)8-13-10-19-6-4-3-5-14(19)17-13/h3-6,10-12H,7-9,16H2,1-2H3,(H,18,20). The number of fused-ring (bicyclic) bond motifs is 1. The lowest BCUT2D eigenvalue weighted by molar-refractivity contribution is -0.121. The third-order valence-corrected chi connectivity index (χ3v) is 3.16. The van der Waals surface area contributed by atoms with E-state index in [1.54, 1.807) is 0 Å². The van der Waals surface area contributed by atoms with Crippen molar-refractivity contribution in [1.29, 1.82) is 0 Å². The number of aromatic nitrogens is 2. The first-order chi connectivity index (χ1) is 9.58. The Balaban J connectivity index is 1.96. The fourth-order valence-corrected chi connectivity index (χ4v) is 2.30. The monoisotopic (exact) mass is 274 g/mol. The molecule has 0 spiro atoms. The minimum Gasteiger partial charge on any atom is -0.352 e. The van der Waals surface area contributed by atoms with Crippen molar-refractivity contribution in [3.8, 4) is 0 Å². The molecule has 0 radical (unpaired) electrons. The largest absolute Gasteiger partial charge is 0.352 e. The Morgan fingerprint density at radius 2 is 2.25 bits per heavy atom. The minimum atomic E-state index is -0.0236. The van der Waals surface area contributed by atoms with Gasteiger partial charge in [-0.2, -0.15) is 0 Å². The van der Waals surface area contributed by atoms with Crippen LogP contribution in [0.1, 0.15) is 26.0 Å². The van der Waals surface area contributed by atoms with Gasteiger partial charge in [-0.3, -0.25) is 4.79 Å². The number of nitrogens with two attached hydrogens (primary N) is 1. The van der Waals surface area contributed by atoms with Crippen molar-refractivity contribution in [2.75, 3.05) is 6.54 Å². The van der Waals surface area contributed by atoms with Crippen LogP contribution in [-0.4, -0.2) is 27.9 Å². The molecule has 0 aliphatic rings. The van der Waals surface area contributed by atoms with Gasteiger partial charge >= 0.3 is 0 Å². The van der Waals surface area contributed by atoms with E-state index < -0.39 is 0 Å². The van der Waals surface area contributed by atoms with Crippen LogP contribution in [0, 0.1) is 5.92 Å². The van der Waals surface area contributed by atoms with Gasteiger partial charge in [-0.1, -0.05) is 19.9 Å². The number of carbonyl (C=O) groups is 1. The Kier molecular flexibility index (Phi) is 4.74. The van der Waals surface area contributed by atoms with E-state index in [9.17, 15) is 4.79 Å². The quantitative estimate of drug-likeness (QED) is 0.835. The van der Waals surface area contributed by atoms with Crippen LogP contribution in [0.5, 0.6) is 0 Å². The summed E-state index contributed by atoms with van der Waals surface area (Å²) in [5, 5.41) is 2.98. The summed E-state index contributed by atoms with van der Waals surface area (Å²) in [6, 6.07) is 5.83. The van der Waals surface area contributed by atoms with Crippen molar-refractivity contribution >= 4 is 11.6 Å². The van der Waals surface area contributed by atoms with Crippen LogP contribution in [0.2, 0.25) is 0 Å². The summed E-state index contributed by atoms with van der Waals surface area (Å²) < 4.78 is 1.91. The van der Waals surface area contributed by atoms with Crippen molar-refractivity contribution in [2.45, 2.75) is 32.7 Å². The van der Waals surface area contributed by atoms with Crippen molar-refractivity contribution in [3.63, 3.8) is 0 Å². The van der Waals surface area contributed by atoms with E-state index in [1.165, 1.54) is 0 Å². The summed E-state index contributed by atoms with van der Waals surface area (Å²) in [4.78, 5) is 16.4. The van der Waals surface area contributed by atoms with Gasteiger partial charge in [-0.05, 0) is 24.5 Å². The molecule has 3 N–H and O–H groups in total. The van der Waals surface area contributed by atoms with E-state index >= 15 is 0 Å². The number of nitrogens with zero attached hydrogens (tertiary/aromatic N) is 2. The zero-order chi connectivity index (χ0) is 14.5. The maximum Gasteiger partial charge on any atom is 0.226 e. The minimum absolute atomic E-state index is 0.0236. The second-order valence-corrected chi connectivity index (χ2v) is 5.50. The Hall–Kier alpha value is -1.88. The molecule has 5 nitrogen and oxygen atoms in total. The Morgan fingerprint density at radius 1 is 1.45 bits per heavy atom. The van der Waals surface area contributed by atoms with Gasteiger partial charge in [0.25, 0.3) is 0 Å². The van der Waals surface area contributed by atoms with Gasteiger partial charge in [0.1, 0.15) is 5.65 Å². The first-order valence-electron chi connectivity index (χ1n) is 7.00. The van der Waals surface area contributed by atoms with Crippen molar-refractivity contribution in [1.82, 2.24) is 14.7 Å². The van der Waals surface area contributed by atoms with Crippen LogP contribution >= 0.6 is 0 Å². The van der Waals surface area contributed by atoms with Crippen molar-refractivity contribution in [3.05, 3.63) is 36.3 Å². The molecule has 0 bridgehead atoms. The molecule has 0 saturated heterocycles. The van der Waals surface area contributed by atoms with Gasteiger partial charge in [0.15, 0.2) is 0 Å². The Bertz CT molecular complexity index is 543. The highest BCUT2D eigenvalue weighted by Crippen LogP contribution is 2.07. The molecule has 1 unspecified atom stereocenters. The molecule has 5 heteroatoms. The molecule has 108 valence electrons. The van der Waals surface area contributed by atoms with Gasteiger partial charge in [-0.25, -0.2) is 4.98 Å². The zero-order valence-corrected chi connectivity index (χ0v) is 12.0. The first kappa shape index (κ1) is 14.5. The number of hydrogen-bond acceptors (Lipinski definition) is 3. The fraction of sp³-hybridized carbons (Fsp3) is 0.467. The molecule has 0 fully saturated rings. The lowest BCUT2D eigenvalue weighted by Crippen LogP contribution is -2.41. The summed E-state index contributed by atoms with van der Waals surface area (Å²) in [7, 11) is 0. The summed E-state index contributed by atoms with van der Waals surface area (Å²) in [6.45, 7) is 4.71. The molecular formula is C15H22N4O. The predicted octanol–water partition coefficient (Wildman–Crippen LogP) is 1.37. The van der Waals surface area contributed by atoms with Gasteiger partial charge in [-0.15, -0.1) is 0 Å². The van der Waals surface area contributed by atoms with Crippen LogP contribution in [0.25, 0.3) is 5.65 Å². The van der Waals surface area contributed by atoms with Crippen LogP contribution in [0.3, 0.4) is 0 Å². The normalized spacial score (nSPS) is 12.8. The maximum absolute atomic E-state index is 12.0. The lowest BCUT2D eigenvalue weighted by Gasteiger charge is -2.18. The van der Waals surface area contributed by atoms with E-state index in [2.05, 4.69) is 24.1 Å². The average molecular weight is 274 g/mol. The molecule has 1 atom stereocenters. The van der Waals surface area contributed by atoms with E-state index in [0.29, 0.717) is 12.5 Å².